The summed E-state index contributed by atoms with van der Waals surface area (Å²) >= 11 is 0. The van der Waals surface area contributed by atoms with Gasteiger partial charge in [0, 0.05) is 58.4 Å². The number of aliphatic imine (C=N–C) groups is 1. The molecule has 0 radical (unpaired) electrons. The van der Waals surface area contributed by atoms with Crippen LogP contribution in [-0.4, -0.2) is 53.5 Å². The van der Waals surface area contributed by atoms with Crippen LogP contribution < -0.4 is 21.2 Å². The molecule has 0 aliphatic carbocycles. The molecule has 0 bridgehead atoms. The number of rotatable bonds is 9. The number of benzene rings is 1. The van der Waals surface area contributed by atoms with E-state index in [1.54, 1.807) is 11.7 Å². The average molecular weight is 541 g/mol. The normalized spacial score (nSPS) is 13.3. The van der Waals surface area contributed by atoms with Gasteiger partial charge in [-0.1, -0.05) is 12.1 Å². The van der Waals surface area contributed by atoms with E-state index in [0.29, 0.717) is 6.54 Å². The summed E-state index contributed by atoms with van der Waals surface area (Å²) in [6, 6.07) is 8.59. The molecule has 1 aliphatic rings. The van der Waals surface area contributed by atoms with E-state index in [9.17, 15) is 4.79 Å². The number of guanidine groups is 1. The minimum absolute atomic E-state index is 0. The van der Waals surface area contributed by atoms with E-state index < -0.39 is 0 Å². The predicted molar refractivity (Wildman–Crippen MR) is 138 cm³/mol. The van der Waals surface area contributed by atoms with Crippen molar-refractivity contribution in [2.45, 2.75) is 52.6 Å². The molecule has 172 valence electrons. The van der Waals surface area contributed by atoms with Crippen LogP contribution in [0.4, 0.5) is 5.69 Å². The first-order valence-corrected chi connectivity index (χ1v) is 11.0. The largest absolute Gasteiger partial charge is 0.370 e. The van der Waals surface area contributed by atoms with Crippen LogP contribution in [0.3, 0.4) is 0 Å². The summed E-state index contributed by atoms with van der Waals surface area (Å²) in [7, 11) is 1.78. The van der Waals surface area contributed by atoms with E-state index in [1.165, 1.54) is 11.3 Å². The summed E-state index contributed by atoms with van der Waals surface area (Å²) in [5.74, 6) is 1.72. The second kappa shape index (κ2) is 12.7. The summed E-state index contributed by atoms with van der Waals surface area (Å²) in [6.45, 7) is 9.12. The van der Waals surface area contributed by atoms with Crippen LogP contribution in [0.25, 0.3) is 0 Å². The number of hydrogen-bond acceptors (Lipinski definition) is 4. The van der Waals surface area contributed by atoms with Gasteiger partial charge in [0.25, 0.3) is 0 Å². The van der Waals surface area contributed by atoms with Gasteiger partial charge in [-0.25, -0.2) is 9.48 Å². The molecule has 8 nitrogen and oxygen atoms in total. The summed E-state index contributed by atoms with van der Waals surface area (Å²) in [6.07, 6.45) is 3.93. The Kier molecular flexibility index (Phi) is 10.4. The number of nitrogens with zero attached hydrogens (tertiary/aromatic N) is 5. The fourth-order valence-corrected chi connectivity index (χ4v) is 3.85. The van der Waals surface area contributed by atoms with Crippen molar-refractivity contribution in [2.24, 2.45) is 4.99 Å². The third kappa shape index (κ3) is 6.98. The topological polar surface area (TPSA) is 79.5 Å². The van der Waals surface area contributed by atoms with Crippen molar-refractivity contribution in [2.75, 3.05) is 38.1 Å². The first kappa shape index (κ1) is 25.2. The van der Waals surface area contributed by atoms with Crippen molar-refractivity contribution in [1.29, 1.82) is 0 Å². The zero-order valence-corrected chi connectivity index (χ0v) is 21.3. The molecule has 0 saturated carbocycles. The van der Waals surface area contributed by atoms with Gasteiger partial charge in [0.1, 0.15) is 5.82 Å². The number of nitrogens with one attached hydrogen (secondary N) is 2. The standard InChI is InChI=1S/C22H35N7O.HI/c1-4-27(19-10-7-9-18(2)17-19)16-13-25-21(23-3)24-12-8-15-29-22(30)28-14-6-5-11-20(28)26-29;/h7,9-10,17H,4-6,8,11-16H2,1-3H3,(H2,23,24,25);1H. The molecular formula is C22H36IN7O. The molecule has 9 heteroatoms. The number of fused-ring (bicyclic) bond motifs is 1. The van der Waals surface area contributed by atoms with Crippen LogP contribution >= 0.6 is 24.0 Å². The highest BCUT2D eigenvalue weighted by atomic mass is 127. The molecule has 0 unspecified atom stereocenters. The van der Waals surface area contributed by atoms with Gasteiger partial charge in [0.2, 0.25) is 0 Å². The molecule has 3 rings (SSSR count). The molecule has 0 atom stereocenters. The Morgan fingerprint density at radius 1 is 1.26 bits per heavy atom. The smallest absolute Gasteiger partial charge is 0.345 e. The zero-order chi connectivity index (χ0) is 21.3. The average Bonchev–Trinajstić information content (AvgIpc) is 3.08. The molecule has 31 heavy (non-hydrogen) atoms. The summed E-state index contributed by atoms with van der Waals surface area (Å²) in [5, 5.41) is 11.2. The molecule has 0 fully saturated rings. The van der Waals surface area contributed by atoms with Crippen molar-refractivity contribution >= 4 is 35.6 Å². The number of halogens is 1. The van der Waals surface area contributed by atoms with Crippen molar-refractivity contribution in [3.05, 3.63) is 46.1 Å². The number of aryl methyl sites for hydroxylation is 3. The summed E-state index contributed by atoms with van der Waals surface area (Å²) in [5.41, 5.74) is 2.55. The first-order valence-electron chi connectivity index (χ1n) is 11.0. The molecule has 2 aromatic rings. The lowest BCUT2D eigenvalue weighted by Crippen LogP contribution is -2.42. The lowest BCUT2D eigenvalue weighted by molar-refractivity contribution is 0.509. The SMILES string of the molecule is CCN(CCNC(=NC)NCCCn1nc2n(c1=O)CCCC2)c1cccc(C)c1.I. The van der Waals surface area contributed by atoms with E-state index >= 15 is 0 Å². The number of likely N-dealkylation sites (N-methyl/N-ethyl adjacent to an activating group) is 1. The molecule has 2 heterocycles. The van der Waals surface area contributed by atoms with Crippen molar-refractivity contribution < 1.29 is 0 Å². The fourth-order valence-electron chi connectivity index (χ4n) is 3.85. The highest BCUT2D eigenvalue weighted by Crippen LogP contribution is 2.15. The lowest BCUT2D eigenvalue weighted by atomic mass is 10.2. The van der Waals surface area contributed by atoms with Gasteiger partial charge in [-0.3, -0.25) is 9.56 Å². The van der Waals surface area contributed by atoms with E-state index in [4.69, 9.17) is 0 Å². The third-order valence-corrected chi connectivity index (χ3v) is 5.52. The zero-order valence-electron chi connectivity index (χ0n) is 18.9. The molecule has 0 spiro atoms. The fraction of sp³-hybridized carbons (Fsp3) is 0.591. The summed E-state index contributed by atoms with van der Waals surface area (Å²) in [4.78, 5) is 19.0. The minimum atomic E-state index is 0. The maximum atomic E-state index is 12.4. The number of aromatic nitrogens is 3. The van der Waals surface area contributed by atoms with Gasteiger partial charge in [-0.2, -0.15) is 5.10 Å². The Labute approximate surface area is 202 Å². The van der Waals surface area contributed by atoms with E-state index in [1.807, 2.05) is 4.57 Å². The van der Waals surface area contributed by atoms with E-state index in [-0.39, 0.29) is 29.7 Å². The number of anilines is 1. The molecular weight excluding hydrogens is 505 g/mol. The molecule has 1 aliphatic heterocycles. The predicted octanol–water partition coefficient (Wildman–Crippen LogP) is 2.39. The molecule has 1 aromatic carbocycles. The van der Waals surface area contributed by atoms with Gasteiger partial charge in [-0.05, 0) is 50.8 Å². The van der Waals surface area contributed by atoms with Gasteiger partial charge in [0.15, 0.2) is 5.96 Å². The van der Waals surface area contributed by atoms with Crippen LogP contribution in [-0.2, 0) is 19.5 Å². The molecule has 0 saturated heterocycles. The van der Waals surface area contributed by atoms with Gasteiger partial charge in [-0.15, -0.1) is 24.0 Å². The number of hydrogen-bond donors (Lipinski definition) is 2. The van der Waals surface area contributed by atoms with E-state index in [2.05, 4.69) is 63.7 Å². The lowest BCUT2D eigenvalue weighted by Gasteiger charge is -2.24. The van der Waals surface area contributed by atoms with Crippen LogP contribution in [0.2, 0.25) is 0 Å². The van der Waals surface area contributed by atoms with Crippen molar-refractivity contribution in [3.63, 3.8) is 0 Å². The third-order valence-electron chi connectivity index (χ3n) is 5.52. The van der Waals surface area contributed by atoms with Gasteiger partial charge in [0.05, 0.1) is 0 Å². The molecule has 0 amide bonds. The first-order chi connectivity index (χ1) is 14.6. The Morgan fingerprint density at radius 3 is 2.77 bits per heavy atom. The Morgan fingerprint density at radius 2 is 2.06 bits per heavy atom. The second-order valence-corrected chi connectivity index (χ2v) is 7.73. The van der Waals surface area contributed by atoms with Crippen molar-refractivity contribution in [3.8, 4) is 0 Å². The van der Waals surface area contributed by atoms with Crippen molar-refractivity contribution in [1.82, 2.24) is 25.0 Å². The van der Waals surface area contributed by atoms with Gasteiger partial charge < -0.3 is 15.5 Å². The Balaban J connectivity index is 0.00000341. The quantitative estimate of drug-likeness (QED) is 0.221. The van der Waals surface area contributed by atoms with Crippen LogP contribution in [0.5, 0.6) is 0 Å². The van der Waals surface area contributed by atoms with Crippen LogP contribution in [0.15, 0.2) is 34.1 Å². The Hall–Kier alpha value is -2.04. The highest BCUT2D eigenvalue weighted by Gasteiger charge is 2.16. The highest BCUT2D eigenvalue weighted by molar-refractivity contribution is 14.0. The van der Waals surface area contributed by atoms with Crippen LogP contribution in [0.1, 0.15) is 37.6 Å². The Bertz CT molecular complexity index is 906. The monoisotopic (exact) mass is 541 g/mol. The maximum Gasteiger partial charge on any atom is 0.345 e. The molecule has 2 N–H and O–H groups in total. The minimum Gasteiger partial charge on any atom is -0.370 e. The molecule has 1 aromatic heterocycles. The second-order valence-electron chi connectivity index (χ2n) is 7.73. The maximum absolute atomic E-state index is 12.4. The van der Waals surface area contributed by atoms with Crippen LogP contribution in [0, 0.1) is 6.92 Å². The van der Waals surface area contributed by atoms with Gasteiger partial charge >= 0.3 is 5.69 Å². The van der Waals surface area contributed by atoms with E-state index in [0.717, 1.165) is 70.2 Å². The summed E-state index contributed by atoms with van der Waals surface area (Å²) < 4.78 is 3.44.